The van der Waals surface area contributed by atoms with Gasteiger partial charge in [0, 0.05) is 12.1 Å². The number of ether oxygens (including phenoxy) is 1. The van der Waals surface area contributed by atoms with Gasteiger partial charge in [-0.3, -0.25) is 15.1 Å². The quantitative estimate of drug-likeness (QED) is 0.650. The molecular formula is C15H17N3O3. The summed E-state index contributed by atoms with van der Waals surface area (Å²) in [5, 5.41) is 13.9. The summed E-state index contributed by atoms with van der Waals surface area (Å²) in [5.74, 6) is 0.963. The van der Waals surface area contributed by atoms with Crippen LogP contribution in [0.3, 0.4) is 0 Å². The molecule has 1 unspecified atom stereocenters. The predicted octanol–water partition coefficient (Wildman–Crippen LogP) is 3.45. The number of hydrogen-bond donors (Lipinski definition) is 1. The van der Waals surface area contributed by atoms with E-state index >= 15 is 0 Å². The zero-order valence-corrected chi connectivity index (χ0v) is 11.9. The standard InChI is InChI=1S/C15H17N3O3/c1-3-14(16-2)15-8-7-13(10-17-15)21-12-6-4-5-11(9-12)18(19)20/h4-10,14,16H,3H2,1-2H3. The molecule has 110 valence electrons. The van der Waals surface area contributed by atoms with Crippen LogP contribution in [0.5, 0.6) is 11.5 Å². The van der Waals surface area contributed by atoms with Crippen LogP contribution < -0.4 is 10.1 Å². The van der Waals surface area contributed by atoms with Crippen molar-refractivity contribution >= 4 is 5.69 Å². The molecule has 6 heteroatoms. The molecule has 0 radical (unpaired) electrons. The third-order valence-corrected chi connectivity index (χ3v) is 3.14. The van der Waals surface area contributed by atoms with Crippen LogP contribution in [0.15, 0.2) is 42.6 Å². The lowest BCUT2D eigenvalue weighted by molar-refractivity contribution is -0.384. The summed E-state index contributed by atoms with van der Waals surface area (Å²) in [7, 11) is 1.89. The molecule has 1 N–H and O–H groups in total. The number of hydrogen-bond acceptors (Lipinski definition) is 5. The summed E-state index contributed by atoms with van der Waals surface area (Å²) in [6.07, 6.45) is 2.56. The number of nitro benzene ring substituents is 1. The van der Waals surface area contributed by atoms with E-state index in [9.17, 15) is 10.1 Å². The van der Waals surface area contributed by atoms with Gasteiger partial charge in [-0.15, -0.1) is 0 Å². The molecule has 1 heterocycles. The number of aromatic nitrogens is 1. The van der Waals surface area contributed by atoms with Gasteiger partial charge in [0.2, 0.25) is 0 Å². The van der Waals surface area contributed by atoms with Gasteiger partial charge in [-0.2, -0.15) is 0 Å². The Morgan fingerprint density at radius 2 is 2.14 bits per heavy atom. The lowest BCUT2D eigenvalue weighted by Crippen LogP contribution is -2.16. The molecule has 6 nitrogen and oxygen atoms in total. The first kappa shape index (κ1) is 14.9. The van der Waals surface area contributed by atoms with E-state index in [-0.39, 0.29) is 11.7 Å². The monoisotopic (exact) mass is 287 g/mol. The summed E-state index contributed by atoms with van der Waals surface area (Å²) in [6, 6.07) is 9.96. The molecule has 0 fully saturated rings. The van der Waals surface area contributed by atoms with Crippen molar-refractivity contribution in [1.29, 1.82) is 0 Å². The molecule has 0 aliphatic carbocycles. The number of pyridine rings is 1. The Bertz CT molecular complexity index is 610. The van der Waals surface area contributed by atoms with Crippen molar-refractivity contribution < 1.29 is 9.66 Å². The first-order valence-corrected chi connectivity index (χ1v) is 6.69. The van der Waals surface area contributed by atoms with E-state index in [1.54, 1.807) is 24.4 Å². The highest BCUT2D eigenvalue weighted by Crippen LogP contribution is 2.25. The van der Waals surface area contributed by atoms with Crippen LogP contribution >= 0.6 is 0 Å². The molecule has 2 rings (SSSR count). The Labute approximate surface area is 122 Å². The molecule has 1 atom stereocenters. The van der Waals surface area contributed by atoms with Crippen LogP contribution in [0.1, 0.15) is 25.1 Å². The smallest absolute Gasteiger partial charge is 0.273 e. The molecule has 0 aliphatic heterocycles. The predicted molar refractivity (Wildman–Crippen MR) is 79.5 cm³/mol. The van der Waals surface area contributed by atoms with Crippen LogP contribution in [0.4, 0.5) is 5.69 Å². The van der Waals surface area contributed by atoms with Gasteiger partial charge < -0.3 is 10.1 Å². The van der Waals surface area contributed by atoms with Gasteiger partial charge in [0.05, 0.1) is 22.9 Å². The van der Waals surface area contributed by atoms with Crippen LogP contribution in [-0.2, 0) is 0 Å². The minimum atomic E-state index is -0.451. The van der Waals surface area contributed by atoms with Crippen molar-refractivity contribution in [3.8, 4) is 11.5 Å². The molecule has 1 aromatic heterocycles. The Kier molecular flexibility index (Phi) is 4.84. The lowest BCUT2D eigenvalue weighted by atomic mass is 10.1. The lowest BCUT2D eigenvalue weighted by Gasteiger charge is -2.13. The van der Waals surface area contributed by atoms with Crippen LogP contribution in [-0.4, -0.2) is 17.0 Å². The summed E-state index contributed by atoms with van der Waals surface area (Å²) in [6.45, 7) is 2.08. The number of benzene rings is 1. The van der Waals surface area contributed by atoms with Crippen LogP contribution in [0.25, 0.3) is 0 Å². The van der Waals surface area contributed by atoms with E-state index < -0.39 is 4.92 Å². The number of nitrogens with zero attached hydrogens (tertiary/aromatic N) is 2. The van der Waals surface area contributed by atoms with Crippen molar-refractivity contribution in [2.45, 2.75) is 19.4 Å². The maximum atomic E-state index is 10.7. The second-order valence-corrected chi connectivity index (χ2v) is 4.52. The molecule has 1 aromatic carbocycles. The van der Waals surface area contributed by atoms with Gasteiger partial charge in [-0.05, 0) is 31.7 Å². The zero-order valence-electron chi connectivity index (χ0n) is 11.9. The molecule has 0 amide bonds. The fraction of sp³-hybridized carbons (Fsp3) is 0.267. The highest BCUT2D eigenvalue weighted by atomic mass is 16.6. The van der Waals surface area contributed by atoms with E-state index in [0.717, 1.165) is 12.1 Å². The number of nitro groups is 1. The fourth-order valence-corrected chi connectivity index (χ4v) is 2.02. The van der Waals surface area contributed by atoms with Crippen LogP contribution in [0, 0.1) is 10.1 Å². The second-order valence-electron chi connectivity index (χ2n) is 4.52. The van der Waals surface area contributed by atoms with Crippen LogP contribution in [0.2, 0.25) is 0 Å². The van der Waals surface area contributed by atoms with E-state index in [1.165, 1.54) is 12.1 Å². The normalized spacial score (nSPS) is 11.9. The summed E-state index contributed by atoms with van der Waals surface area (Å²) in [5.41, 5.74) is 0.935. The fourth-order valence-electron chi connectivity index (χ4n) is 2.02. The topological polar surface area (TPSA) is 77.3 Å². The highest BCUT2D eigenvalue weighted by molar-refractivity contribution is 5.40. The Balaban J connectivity index is 2.13. The largest absolute Gasteiger partial charge is 0.455 e. The van der Waals surface area contributed by atoms with Crippen molar-refractivity contribution in [3.63, 3.8) is 0 Å². The van der Waals surface area contributed by atoms with Gasteiger partial charge in [0.1, 0.15) is 11.5 Å². The Hall–Kier alpha value is -2.47. The summed E-state index contributed by atoms with van der Waals surface area (Å²) >= 11 is 0. The van der Waals surface area contributed by atoms with E-state index in [1.807, 2.05) is 13.1 Å². The van der Waals surface area contributed by atoms with Gasteiger partial charge in [-0.25, -0.2) is 0 Å². The zero-order chi connectivity index (χ0) is 15.2. The third kappa shape index (κ3) is 3.76. The molecule has 0 aliphatic rings. The molecular weight excluding hydrogens is 270 g/mol. The van der Waals surface area contributed by atoms with Gasteiger partial charge in [0.25, 0.3) is 5.69 Å². The number of rotatable bonds is 6. The van der Waals surface area contributed by atoms with Gasteiger partial charge in [-0.1, -0.05) is 13.0 Å². The number of non-ortho nitro benzene ring substituents is 1. The molecule has 0 spiro atoms. The average Bonchev–Trinajstić information content (AvgIpc) is 2.50. The Morgan fingerprint density at radius 3 is 2.71 bits per heavy atom. The molecule has 0 bridgehead atoms. The first-order chi connectivity index (χ1) is 10.1. The van der Waals surface area contributed by atoms with E-state index in [4.69, 9.17) is 4.74 Å². The van der Waals surface area contributed by atoms with E-state index in [2.05, 4.69) is 17.2 Å². The second kappa shape index (κ2) is 6.81. The van der Waals surface area contributed by atoms with E-state index in [0.29, 0.717) is 11.5 Å². The van der Waals surface area contributed by atoms with Crippen molar-refractivity contribution in [3.05, 3.63) is 58.4 Å². The minimum Gasteiger partial charge on any atom is -0.455 e. The summed E-state index contributed by atoms with van der Waals surface area (Å²) in [4.78, 5) is 14.6. The maximum absolute atomic E-state index is 10.7. The summed E-state index contributed by atoms with van der Waals surface area (Å²) < 4.78 is 5.58. The van der Waals surface area contributed by atoms with Crippen molar-refractivity contribution in [2.75, 3.05) is 7.05 Å². The van der Waals surface area contributed by atoms with Crippen molar-refractivity contribution in [2.24, 2.45) is 0 Å². The first-order valence-electron chi connectivity index (χ1n) is 6.69. The molecule has 0 saturated heterocycles. The molecule has 21 heavy (non-hydrogen) atoms. The molecule has 2 aromatic rings. The maximum Gasteiger partial charge on any atom is 0.273 e. The van der Waals surface area contributed by atoms with Crippen molar-refractivity contribution in [1.82, 2.24) is 10.3 Å². The minimum absolute atomic E-state index is 0.00157. The third-order valence-electron chi connectivity index (χ3n) is 3.14. The van der Waals surface area contributed by atoms with Gasteiger partial charge >= 0.3 is 0 Å². The molecule has 0 saturated carbocycles. The Morgan fingerprint density at radius 1 is 1.33 bits per heavy atom. The number of nitrogens with one attached hydrogen (secondary N) is 1. The highest BCUT2D eigenvalue weighted by Gasteiger charge is 2.09. The SMILES string of the molecule is CCC(NC)c1ccc(Oc2cccc([N+](=O)[O-])c2)cn1. The van der Waals surface area contributed by atoms with Gasteiger partial charge in [0.15, 0.2) is 0 Å². The average molecular weight is 287 g/mol.